The summed E-state index contributed by atoms with van der Waals surface area (Å²) in [6.45, 7) is 3.47. The van der Waals surface area contributed by atoms with Crippen molar-refractivity contribution in [2.45, 2.75) is 37.9 Å². The van der Waals surface area contributed by atoms with E-state index >= 15 is 0 Å². The average Bonchev–Trinajstić information content (AvgIpc) is 2.05. The zero-order valence-corrected chi connectivity index (χ0v) is 7.32. The zero-order valence-electron chi connectivity index (χ0n) is 7.32. The van der Waals surface area contributed by atoms with Crippen LogP contribution in [0.15, 0.2) is 12.7 Å². The van der Waals surface area contributed by atoms with Gasteiger partial charge < -0.3 is 15.3 Å². The molecule has 0 aliphatic heterocycles. The van der Waals surface area contributed by atoms with Crippen LogP contribution < -0.4 is 0 Å². The lowest BCUT2D eigenvalue weighted by Crippen LogP contribution is -2.26. The predicted molar refractivity (Wildman–Crippen MR) is 47.8 cm³/mol. The topological polar surface area (TPSA) is 60.7 Å². The van der Waals surface area contributed by atoms with Gasteiger partial charge in [0.1, 0.15) is 0 Å². The Balaban J connectivity index is 3.41. The van der Waals surface area contributed by atoms with Crippen molar-refractivity contribution < 1.29 is 15.3 Å². The Kier molecular flexibility index (Phi) is 7.05. The highest BCUT2D eigenvalue weighted by Crippen LogP contribution is 2.07. The van der Waals surface area contributed by atoms with Gasteiger partial charge >= 0.3 is 0 Å². The zero-order chi connectivity index (χ0) is 9.40. The fraction of sp³-hybridized carbons (Fsp3) is 0.778. The molecule has 0 spiro atoms. The molecule has 0 saturated carbocycles. The van der Waals surface area contributed by atoms with Crippen LogP contribution in [0, 0.1) is 0 Å². The molecular formula is C9H18O3. The fourth-order valence-corrected chi connectivity index (χ4v) is 0.988. The SMILES string of the molecule is C=CCCC[C@@H](O)[C@@H](O)CCO. The molecule has 0 amide bonds. The van der Waals surface area contributed by atoms with Crippen molar-refractivity contribution in [1.29, 1.82) is 0 Å². The van der Waals surface area contributed by atoms with E-state index in [0.717, 1.165) is 12.8 Å². The molecule has 0 aliphatic carbocycles. The largest absolute Gasteiger partial charge is 0.396 e. The van der Waals surface area contributed by atoms with Gasteiger partial charge in [0.25, 0.3) is 0 Å². The minimum Gasteiger partial charge on any atom is -0.396 e. The van der Waals surface area contributed by atoms with Crippen molar-refractivity contribution in [3.05, 3.63) is 12.7 Å². The van der Waals surface area contributed by atoms with Gasteiger partial charge in [-0.2, -0.15) is 0 Å². The highest BCUT2D eigenvalue weighted by atomic mass is 16.3. The number of unbranched alkanes of at least 4 members (excludes halogenated alkanes) is 1. The fourth-order valence-electron chi connectivity index (χ4n) is 0.988. The van der Waals surface area contributed by atoms with Crippen molar-refractivity contribution in [2.75, 3.05) is 6.61 Å². The number of hydrogen-bond donors (Lipinski definition) is 3. The molecule has 0 aromatic heterocycles. The standard InChI is InChI=1S/C9H18O3/c1-2-3-4-5-8(11)9(12)6-7-10/h2,8-12H,1,3-7H2/t8-,9+/m1/s1. The lowest BCUT2D eigenvalue weighted by molar-refractivity contribution is 0.000351. The van der Waals surface area contributed by atoms with Gasteiger partial charge in [0, 0.05) is 6.61 Å². The highest BCUT2D eigenvalue weighted by Gasteiger charge is 2.14. The van der Waals surface area contributed by atoms with E-state index in [1.165, 1.54) is 0 Å². The first kappa shape index (κ1) is 11.6. The molecule has 3 nitrogen and oxygen atoms in total. The first-order chi connectivity index (χ1) is 5.72. The highest BCUT2D eigenvalue weighted by molar-refractivity contribution is 4.71. The van der Waals surface area contributed by atoms with E-state index in [4.69, 9.17) is 5.11 Å². The van der Waals surface area contributed by atoms with Crippen molar-refractivity contribution in [1.82, 2.24) is 0 Å². The summed E-state index contributed by atoms with van der Waals surface area (Å²) in [5, 5.41) is 26.9. The van der Waals surface area contributed by atoms with Gasteiger partial charge in [-0.25, -0.2) is 0 Å². The number of aliphatic hydroxyl groups is 3. The number of aliphatic hydroxyl groups excluding tert-OH is 3. The van der Waals surface area contributed by atoms with Crippen LogP contribution in [0.3, 0.4) is 0 Å². The van der Waals surface area contributed by atoms with Crippen LogP contribution in [-0.2, 0) is 0 Å². The Morgan fingerprint density at radius 3 is 2.25 bits per heavy atom. The second kappa shape index (κ2) is 7.28. The van der Waals surface area contributed by atoms with Crippen molar-refractivity contribution in [3.8, 4) is 0 Å². The third-order valence-electron chi connectivity index (χ3n) is 1.78. The summed E-state index contributed by atoms with van der Waals surface area (Å²) in [6.07, 6.45) is 2.76. The summed E-state index contributed by atoms with van der Waals surface area (Å²) in [5.74, 6) is 0. The maximum atomic E-state index is 9.28. The minimum absolute atomic E-state index is 0.0836. The Bertz CT molecular complexity index is 114. The van der Waals surface area contributed by atoms with Gasteiger partial charge in [0.05, 0.1) is 12.2 Å². The molecule has 0 fully saturated rings. The van der Waals surface area contributed by atoms with E-state index in [-0.39, 0.29) is 13.0 Å². The summed E-state index contributed by atoms with van der Waals surface area (Å²) in [6, 6.07) is 0. The molecule has 0 radical (unpaired) electrons. The third kappa shape index (κ3) is 5.29. The van der Waals surface area contributed by atoms with Gasteiger partial charge in [0.15, 0.2) is 0 Å². The lowest BCUT2D eigenvalue weighted by atomic mass is 10.1. The van der Waals surface area contributed by atoms with E-state index in [1.807, 2.05) is 0 Å². The number of hydrogen-bond acceptors (Lipinski definition) is 3. The van der Waals surface area contributed by atoms with E-state index in [0.29, 0.717) is 6.42 Å². The van der Waals surface area contributed by atoms with E-state index in [1.54, 1.807) is 6.08 Å². The quantitative estimate of drug-likeness (QED) is 0.388. The molecule has 0 aromatic rings. The molecule has 72 valence electrons. The first-order valence-electron chi connectivity index (χ1n) is 4.30. The number of allylic oxidation sites excluding steroid dienone is 1. The molecule has 0 heterocycles. The third-order valence-corrected chi connectivity index (χ3v) is 1.78. The second-order valence-electron chi connectivity index (χ2n) is 2.87. The van der Waals surface area contributed by atoms with Crippen LogP contribution in [0.25, 0.3) is 0 Å². The molecule has 0 aliphatic rings. The molecular weight excluding hydrogens is 156 g/mol. The smallest absolute Gasteiger partial charge is 0.0820 e. The van der Waals surface area contributed by atoms with Gasteiger partial charge in [-0.3, -0.25) is 0 Å². The molecule has 3 heteroatoms. The van der Waals surface area contributed by atoms with Gasteiger partial charge in [-0.15, -0.1) is 6.58 Å². The Hall–Kier alpha value is -0.380. The van der Waals surface area contributed by atoms with Crippen molar-refractivity contribution in [3.63, 3.8) is 0 Å². The van der Waals surface area contributed by atoms with Crippen LogP contribution in [0.1, 0.15) is 25.7 Å². The van der Waals surface area contributed by atoms with Crippen LogP contribution in [0.2, 0.25) is 0 Å². The summed E-state index contributed by atoms with van der Waals surface area (Å²) in [7, 11) is 0. The molecule has 2 atom stereocenters. The maximum absolute atomic E-state index is 9.28. The van der Waals surface area contributed by atoms with E-state index in [9.17, 15) is 10.2 Å². The summed E-state index contributed by atoms with van der Waals surface area (Å²) >= 11 is 0. The van der Waals surface area contributed by atoms with Crippen LogP contribution in [-0.4, -0.2) is 34.1 Å². The molecule has 0 rings (SSSR count). The molecule has 0 saturated heterocycles. The molecule has 0 aromatic carbocycles. The van der Waals surface area contributed by atoms with E-state index in [2.05, 4.69) is 6.58 Å². The molecule has 3 N–H and O–H groups in total. The normalized spacial score (nSPS) is 15.6. The molecule has 12 heavy (non-hydrogen) atoms. The number of rotatable bonds is 7. The second-order valence-corrected chi connectivity index (χ2v) is 2.87. The van der Waals surface area contributed by atoms with E-state index < -0.39 is 12.2 Å². The summed E-state index contributed by atoms with van der Waals surface area (Å²) < 4.78 is 0. The maximum Gasteiger partial charge on any atom is 0.0820 e. The van der Waals surface area contributed by atoms with Gasteiger partial charge in [-0.1, -0.05) is 6.08 Å². The van der Waals surface area contributed by atoms with Crippen LogP contribution in [0.4, 0.5) is 0 Å². The monoisotopic (exact) mass is 174 g/mol. The van der Waals surface area contributed by atoms with Crippen LogP contribution in [0.5, 0.6) is 0 Å². The summed E-state index contributed by atoms with van der Waals surface area (Å²) in [5.41, 5.74) is 0. The molecule has 0 unspecified atom stereocenters. The first-order valence-corrected chi connectivity index (χ1v) is 4.30. The lowest BCUT2D eigenvalue weighted by Gasteiger charge is -2.15. The Morgan fingerprint density at radius 2 is 1.75 bits per heavy atom. The van der Waals surface area contributed by atoms with Gasteiger partial charge in [0.2, 0.25) is 0 Å². The van der Waals surface area contributed by atoms with Crippen molar-refractivity contribution in [2.24, 2.45) is 0 Å². The van der Waals surface area contributed by atoms with Crippen LogP contribution >= 0.6 is 0 Å². The Morgan fingerprint density at radius 1 is 1.17 bits per heavy atom. The molecule has 0 bridgehead atoms. The predicted octanol–water partition coefficient (Wildman–Crippen LogP) is 0.447. The van der Waals surface area contributed by atoms with Gasteiger partial charge in [-0.05, 0) is 25.7 Å². The van der Waals surface area contributed by atoms with Crippen molar-refractivity contribution >= 4 is 0 Å². The summed E-state index contributed by atoms with van der Waals surface area (Å²) in [4.78, 5) is 0. The average molecular weight is 174 g/mol. The Labute approximate surface area is 73.4 Å². The minimum atomic E-state index is -0.792.